The summed E-state index contributed by atoms with van der Waals surface area (Å²) in [6.45, 7) is 5.32. The lowest BCUT2D eigenvalue weighted by atomic mass is 9.96. The second-order valence-electron chi connectivity index (χ2n) is 9.03. The number of aryl methyl sites for hydroxylation is 1. The predicted molar refractivity (Wildman–Crippen MR) is 117 cm³/mol. The Morgan fingerprint density at radius 2 is 2.07 bits per heavy atom. The van der Waals surface area contributed by atoms with Gasteiger partial charge in [-0.1, -0.05) is 17.7 Å². The maximum absolute atomic E-state index is 12.5. The fourth-order valence-electron chi connectivity index (χ4n) is 4.16. The van der Waals surface area contributed by atoms with Crippen molar-refractivity contribution in [1.29, 1.82) is 0 Å². The van der Waals surface area contributed by atoms with Gasteiger partial charge in [-0.2, -0.15) is 0 Å². The third kappa shape index (κ3) is 6.33. The van der Waals surface area contributed by atoms with Crippen molar-refractivity contribution in [1.82, 2.24) is 10.2 Å². The quantitative estimate of drug-likeness (QED) is 0.676. The van der Waals surface area contributed by atoms with Gasteiger partial charge in [0.2, 0.25) is 5.91 Å². The molecule has 0 radical (unpaired) electrons. The lowest BCUT2D eigenvalue weighted by molar-refractivity contribution is -0.123. The van der Waals surface area contributed by atoms with Crippen LogP contribution in [0.25, 0.3) is 0 Å². The van der Waals surface area contributed by atoms with Crippen LogP contribution in [0.2, 0.25) is 5.02 Å². The molecular formula is C21H31ClN2O5S. The standard InChI is InChI=1S/C21H31ClN2O5S/c1-16-4-5-17(22)18(12-16)29-14-21(26)6-3-9-24(10-7-21)13-19(25)23-20(2)8-11-30(27,28)15-20/h4-5,12,26H,3,6-11,13-15H2,1-2H3,(H,23,25). The number of carbonyl (C=O) groups excluding carboxylic acids is 1. The van der Waals surface area contributed by atoms with Gasteiger partial charge in [0.15, 0.2) is 9.84 Å². The predicted octanol–water partition coefficient (Wildman–Crippen LogP) is 1.94. The van der Waals surface area contributed by atoms with Gasteiger partial charge in [0.25, 0.3) is 0 Å². The van der Waals surface area contributed by atoms with Gasteiger partial charge in [0.05, 0.1) is 34.2 Å². The van der Waals surface area contributed by atoms with Crippen molar-refractivity contribution in [2.24, 2.45) is 0 Å². The van der Waals surface area contributed by atoms with E-state index in [1.807, 2.05) is 24.0 Å². The van der Waals surface area contributed by atoms with Crippen LogP contribution >= 0.6 is 11.6 Å². The van der Waals surface area contributed by atoms with Crippen LogP contribution < -0.4 is 10.1 Å². The summed E-state index contributed by atoms with van der Waals surface area (Å²) in [5, 5.41) is 14.4. The highest BCUT2D eigenvalue weighted by atomic mass is 35.5. The van der Waals surface area contributed by atoms with Crippen LogP contribution in [0.5, 0.6) is 5.75 Å². The molecule has 2 atom stereocenters. The molecule has 168 valence electrons. The number of likely N-dealkylation sites (tertiary alicyclic amines) is 1. The number of hydrogen-bond acceptors (Lipinski definition) is 6. The van der Waals surface area contributed by atoms with Gasteiger partial charge >= 0.3 is 0 Å². The fourth-order valence-corrected chi connectivity index (χ4v) is 6.42. The van der Waals surface area contributed by atoms with Crippen LogP contribution in [0.4, 0.5) is 0 Å². The molecule has 1 amide bonds. The molecule has 0 aromatic heterocycles. The topological polar surface area (TPSA) is 95.9 Å². The third-order valence-electron chi connectivity index (χ3n) is 5.90. The molecule has 0 saturated carbocycles. The van der Waals surface area contributed by atoms with E-state index in [1.54, 1.807) is 13.0 Å². The van der Waals surface area contributed by atoms with Crippen LogP contribution in [-0.4, -0.2) is 73.2 Å². The molecule has 1 aromatic carbocycles. The van der Waals surface area contributed by atoms with E-state index in [1.165, 1.54) is 0 Å². The van der Waals surface area contributed by atoms with Gasteiger partial charge in [-0.3, -0.25) is 9.69 Å². The third-order valence-corrected chi connectivity index (χ3v) is 8.12. The van der Waals surface area contributed by atoms with E-state index >= 15 is 0 Å². The van der Waals surface area contributed by atoms with Crippen LogP contribution in [-0.2, 0) is 14.6 Å². The first-order chi connectivity index (χ1) is 14.0. The Balaban J connectivity index is 1.50. The highest BCUT2D eigenvalue weighted by Gasteiger charge is 2.40. The van der Waals surface area contributed by atoms with Gasteiger partial charge in [0.1, 0.15) is 12.4 Å². The first kappa shape index (κ1) is 23.3. The summed E-state index contributed by atoms with van der Waals surface area (Å²) < 4.78 is 29.3. The van der Waals surface area contributed by atoms with Crippen molar-refractivity contribution in [3.8, 4) is 5.75 Å². The average Bonchev–Trinajstić information content (AvgIpc) is 2.80. The molecule has 2 fully saturated rings. The van der Waals surface area contributed by atoms with Gasteiger partial charge in [-0.25, -0.2) is 8.42 Å². The molecule has 2 unspecified atom stereocenters. The molecule has 0 aliphatic carbocycles. The first-order valence-electron chi connectivity index (χ1n) is 10.3. The average molecular weight is 459 g/mol. The Hall–Kier alpha value is -1.35. The number of carbonyl (C=O) groups is 1. The number of benzene rings is 1. The highest BCUT2D eigenvalue weighted by Crippen LogP contribution is 2.29. The number of ether oxygens (including phenoxy) is 1. The van der Waals surface area contributed by atoms with Crippen molar-refractivity contribution in [3.05, 3.63) is 28.8 Å². The van der Waals surface area contributed by atoms with Crippen molar-refractivity contribution < 1.29 is 23.1 Å². The molecule has 2 saturated heterocycles. The Labute approximate surface area is 183 Å². The number of aliphatic hydroxyl groups is 1. The normalized spacial score (nSPS) is 29.3. The number of hydrogen-bond donors (Lipinski definition) is 2. The largest absolute Gasteiger partial charge is 0.489 e. The molecule has 2 heterocycles. The van der Waals surface area contributed by atoms with E-state index in [9.17, 15) is 18.3 Å². The molecule has 30 heavy (non-hydrogen) atoms. The number of nitrogens with one attached hydrogen (secondary N) is 1. The Morgan fingerprint density at radius 3 is 2.77 bits per heavy atom. The van der Waals surface area contributed by atoms with Gasteiger partial charge in [-0.05, 0) is 63.8 Å². The second-order valence-corrected chi connectivity index (χ2v) is 11.6. The van der Waals surface area contributed by atoms with Crippen molar-refractivity contribution in [2.45, 2.75) is 50.7 Å². The first-order valence-corrected chi connectivity index (χ1v) is 12.5. The molecule has 1 aromatic rings. The summed E-state index contributed by atoms with van der Waals surface area (Å²) in [6, 6.07) is 5.53. The maximum atomic E-state index is 12.5. The Bertz CT molecular complexity index is 893. The molecule has 2 N–H and O–H groups in total. The van der Waals surface area contributed by atoms with Crippen LogP contribution in [0.3, 0.4) is 0 Å². The van der Waals surface area contributed by atoms with E-state index < -0.39 is 21.0 Å². The zero-order valence-electron chi connectivity index (χ0n) is 17.6. The zero-order chi connectivity index (χ0) is 22.0. The monoisotopic (exact) mass is 458 g/mol. The number of amides is 1. The van der Waals surface area contributed by atoms with E-state index in [-0.39, 0.29) is 30.6 Å². The van der Waals surface area contributed by atoms with Crippen molar-refractivity contribution in [2.75, 3.05) is 37.7 Å². The molecular weight excluding hydrogens is 428 g/mol. The van der Waals surface area contributed by atoms with Crippen molar-refractivity contribution in [3.63, 3.8) is 0 Å². The van der Waals surface area contributed by atoms with Crippen LogP contribution in [0.15, 0.2) is 18.2 Å². The number of rotatable bonds is 6. The lowest BCUT2D eigenvalue weighted by Crippen LogP contribution is -2.50. The summed E-state index contributed by atoms with van der Waals surface area (Å²) in [5.41, 5.74) is -0.643. The summed E-state index contributed by atoms with van der Waals surface area (Å²) in [6.07, 6.45) is 2.24. The van der Waals surface area contributed by atoms with Crippen LogP contribution in [0.1, 0.15) is 38.2 Å². The van der Waals surface area contributed by atoms with E-state index in [0.717, 1.165) is 12.0 Å². The Morgan fingerprint density at radius 1 is 1.30 bits per heavy atom. The Kier molecular flexibility index (Phi) is 7.01. The van der Waals surface area contributed by atoms with Crippen molar-refractivity contribution >= 4 is 27.3 Å². The molecule has 9 heteroatoms. The minimum absolute atomic E-state index is 0.00957. The lowest BCUT2D eigenvalue weighted by Gasteiger charge is -2.28. The second kappa shape index (κ2) is 9.02. The fraction of sp³-hybridized carbons (Fsp3) is 0.667. The molecule has 2 aliphatic rings. The maximum Gasteiger partial charge on any atom is 0.234 e. The summed E-state index contributed by atoms with van der Waals surface area (Å²) in [4.78, 5) is 14.5. The number of halogens is 1. The number of sulfone groups is 1. The van der Waals surface area contributed by atoms with Gasteiger partial charge in [0, 0.05) is 6.54 Å². The van der Waals surface area contributed by atoms with E-state index in [4.69, 9.17) is 16.3 Å². The highest BCUT2D eigenvalue weighted by molar-refractivity contribution is 7.91. The van der Waals surface area contributed by atoms with E-state index in [2.05, 4.69) is 5.32 Å². The SMILES string of the molecule is Cc1ccc(Cl)c(OCC2(O)CCCN(CC(=O)NC3(C)CCS(=O)(=O)C3)CC2)c1. The van der Waals surface area contributed by atoms with Gasteiger partial charge < -0.3 is 15.2 Å². The van der Waals surface area contributed by atoms with Crippen LogP contribution in [0, 0.1) is 6.92 Å². The molecule has 3 rings (SSSR count). The summed E-state index contributed by atoms with van der Waals surface area (Å²) in [5.74, 6) is 0.490. The summed E-state index contributed by atoms with van der Waals surface area (Å²) in [7, 11) is -3.07. The summed E-state index contributed by atoms with van der Waals surface area (Å²) >= 11 is 6.17. The molecule has 7 nitrogen and oxygen atoms in total. The minimum Gasteiger partial charge on any atom is -0.489 e. The number of nitrogens with zero attached hydrogens (tertiary/aromatic N) is 1. The molecule has 0 spiro atoms. The minimum atomic E-state index is -3.07. The van der Waals surface area contributed by atoms with Gasteiger partial charge in [-0.15, -0.1) is 0 Å². The molecule has 2 aliphatic heterocycles. The zero-order valence-corrected chi connectivity index (χ0v) is 19.2. The van der Waals surface area contributed by atoms with E-state index in [0.29, 0.717) is 43.1 Å². The molecule has 0 bridgehead atoms. The smallest absolute Gasteiger partial charge is 0.234 e.